The Hall–Kier alpha value is -0.570. The maximum atomic E-state index is 11.9. The van der Waals surface area contributed by atoms with Crippen LogP contribution >= 0.6 is 0 Å². The summed E-state index contributed by atoms with van der Waals surface area (Å²) in [6.07, 6.45) is 24.9. The van der Waals surface area contributed by atoms with Crippen molar-refractivity contribution in [2.75, 3.05) is 20.6 Å². The second-order valence-electron chi connectivity index (χ2n) is 10.1. The lowest BCUT2D eigenvalue weighted by molar-refractivity contribution is -0.933. The molecule has 0 saturated heterocycles. The van der Waals surface area contributed by atoms with E-state index in [1.807, 2.05) is 13.8 Å². The largest absolute Gasteiger partial charge is 0.477 e. The maximum absolute atomic E-state index is 11.9. The Morgan fingerprint density at radius 3 is 1.17 bits per heavy atom. The van der Waals surface area contributed by atoms with Crippen LogP contribution in [0.5, 0.6) is 0 Å². The number of aliphatic carboxylic acids is 1. The first-order chi connectivity index (χ1) is 14.4. The van der Waals surface area contributed by atoms with Gasteiger partial charge in [0.1, 0.15) is 0 Å². The van der Waals surface area contributed by atoms with Crippen molar-refractivity contribution in [1.82, 2.24) is 0 Å². The maximum Gasteiger partial charge on any atom is 0.365 e. The van der Waals surface area contributed by atoms with E-state index in [0.29, 0.717) is 17.3 Å². The fraction of sp³-hybridized carbons (Fsp3) is 0.963. The van der Waals surface area contributed by atoms with Crippen molar-refractivity contribution in [2.24, 2.45) is 0 Å². The van der Waals surface area contributed by atoms with Gasteiger partial charge in [-0.2, -0.15) is 0 Å². The summed E-state index contributed by atoms with van der Waals surface area (Å²) in [5, 5.41) is 9.79. The van der Waals surface area contributed by atoms with E-state index in [1.165, 1.54) is 103 Å². The summed E-state index contributed by atoms with van der Waals surface area (Å²) in [4.78, 5) is 11.9. The lowest BCUT2D eigenvalue weighted by Crippen LogP contribution is -2.63. The minimum absolute atomic E-state index is 0.605. The SMILES string of the molecule is CCCCCCCCCCCCCCCCCCC[N+](C)(C)C(CC)(CC)C(=O)O. The minimum Gasteiger partial charge on any atom is -0.477 e. The van der Waals surface area contributed by atoms with Crippen molar-refractivity contribution < 1.29 is 14.4 Å². The first kappa shape index (κ1) is 29.4. The average molecular weight is 427 g/mol. The molecule has 0 aliphatic rings. The summed E-state index contributed by atoms with van der Waals surface area (Å²) < 4.78 is 0.605. The number of carboxylic acid groups (broad SMARTS) is 1. The molecule has 0 amide bonds. The van der Waals surface area contributed by atoms with Crippen LogP contribution in [0.2, 0.25) is 0 Å². The number of nitrogens with zero attached hydrogens (tertiary/aromatic N) is 1. The van der Waals surface area contributed by atoms with Crippen molar-refractivity contribution in [2.45, 2.75) is 148 Å². The van der Waals surface area contributed by atoms with E-state index in [4.69, 9.17) is 0 Å². The molecular weight excluding hydrogens is 370 g/mol. The van der Waals surface area contributed by atoms with Gasteiger partial charge in [-0.15, -0.1) is 0 Å². The van der Waals surface area contributed by atoms with E-state index in [1.54, 1.807) is 0 Å². The molecule has 0 saturated carbocycles. The van der Waals surface area contributed by atoms with Crippen LogP contribution in [0, 0.1) is 0 Å². The molecule has 30 heavy (non-hydrogen) atoms. The van der Waals surface area contributed by atoms with Crippen LogP contribution in [0.1, 0.15) is 143 Å². The van der Waals surface area contributed by atoms with Crippen LogP contribution in [0.15, 0.2) is 0 Å². The molecule has 3 heteroatoms. The third-order valence-electron chi connectivity index (χ3n) is 7.55. The van der Waals surface area contributed by atoms with E-state index in [-0.39, 0.29) is 0 Å². The van der Waals surface area contributed by atoms with Crippen molar-refractivity contribution in [3.05, 3.63) is 0 Å². The molecule has 0 fully saturated rings. The standard InChI is InChI=1S/C27H55NO2/c1-6-9-10-11-12-13-14-15-16-17-18-19-20-21-22-23-24-25-28(4,5)27(7-2,8-3)26(29)30/h6-25H2,1-5H3/p+1. The van der Waals surface area contributed by atoms with E-state index in [9.17, 15) is 9.90 Å². The predicted octanol–water partition coefficient (Wildman–Crippen LogP) is 8.36. The topological polar surface area (TPSA) is 37.3 Å². The summed E-state index contributed by atoms with van der Waals surface area (Å²) in [5.74, 6) is -0.635. The predicted molar refractivity (Wildman–Crippen MR) is 132 cm³/mol. The summed E-state index contributed by atoms with van der Waals surface area (Å²) >= 11 is 0. The number of carbonyl (C=O) groups is 1. The fourth-order valence-electron chi connectivity index (χ4n) is 5.11. The highest BCUT2D eigenvalue weighted by Crippen LogP contribution is 2.30. The van der Waals surface area contributed by atoms with Gasteiger partial charge < -0.3 is 9.59 Å². The first-order valence-corrected chi connectivity index (χ1v) is 13.4. The number of quaternary nitrogens is 1. The molecule has 0 aromatic heterocycles. The molecule has 0 bridgehead atoms. The number of carboxylic acids is 1. The van der Waals surface area contributed by atoms with Gasteiger partial charge in [0.25, 0.3) is 0 Å². The highest BCUT2D eigenvalue weighted by Gasteiger charge is 2.49. The molecule has 0 radical (unpaired) electrons. The average Bonchev–Trinajstić information content (AvgIpc) is 2.71. The van der Waals surface area contributed by atoms with Gasteiger partial charge in [0.05, 0.1) is 20.6 Å². The van der Waals surface area contributed by atoms with Crippen molar-refractivity contribution in [3.8, 4) is 0 Å². The molecule has 0 aliphatic heterocycles. The Morgan fingerprint density at radius 1 is 0.600 bits per heavy atom. The highest BCUT2D eigenvalue weighted by molar-refractivity contribution is 5.77. The lowest BCUT2D eigenvalue weighted by atomic mass is 9.88. The minimum atomic E-state index is -0.635. The molecule has 0 aromatic rings. The molecular formula is C27H56NO2+. The molecule has 0 spiro atoms. The molecule has 0 unspecified atom stereocenters. The number of likely N-dealkylation sites (N-methyl/N-ethyl adjacent to an activating group) is 1. The number of rotatable bonds is 22. The summed E-state index contributed by atoms with van der Waals surface area (Å²) in [7, 11) is 4.21. The highest BCUT2D eigenvalue weighted by atomic mass is 16.4. The van der Waals surface area contributed by atoms with Crippen molar-refractivity contribution >= 4 is 5.97 Å². The monoisotopic (exact) mass is 426 g/mol. The normalized spacial score (nSPS) is 12.4. The zero-order chi connectivity index (χ0) is 22.7. The number of hydrogen-bond donors (Lipinski definition) is 1. The van der Waals surface area contributed by atoms with E-state index in [2.05, 4.69) is 21.0 Å². The van der Waals surface area contributed by atoms with Crippen LogP contribution < -0.4 is 0 Å². The van der Waals surface area contributed by atoms with Gasteiger partial charge in [-0.1, -0.05) is 117 Å². The van der Waals surface area contributed by atoms with E-state index < -0.39 is 11.5 Å². The number of unbranched alkanes of at least 4 members (excludes halogenated alkanes) is 16. The quantitative estimate of drug-likeness (QED) is 0.139. The third kappa shape index (κ3) is 11.7. The van der Waals surface area contributed by atoms with Gasteiger partial charge in [-0.25, -0.2) is 4.79 Å². The Labute approximate surface area is 189 Å². The van der Waals surface area contributed by atoms with E-state index >= 15 is 0 Å². The summed E-state index contributed by atoms with van der Waals surface area (Å²) in [5.41, 5.74) is -0.630. The molecule has 0 aromatic carbocycles. The van der Waals surface area contributed by atoms with Gasteiger partial charge in [0, 0.05) is 12.8 Å². The summed E-state index contributed by atoms with van der Waals surface area (Å²) in [6.45, 7) is 7.29. The Bertz CT molecular complexity index is 402. The molecule has 3 nitrogen and oxygen atoms in total. The molecule has 0 rings (SSSR count). The Balaban J connectivity index is 3.57. The van der Waals surface area contributed by atoms with Gasteiger partial charge in [0.15, 0.2) is 5.54 Å². The van der Waals surface area contributed by atoms with Gasteiger partial charge in [-0.05, 0) is 12.8 Å². The fourth-order valence-corrected chi connectivity index (χ4v) is 5.11. The second kappa shape index (κ2) is 18.0. The van der Waals surface area contributed by atoms with Crippen molar-refractivity contribution in [1.29, 1.82) is 0 Å². The third-order valence-corrected chi connectivity index (χ3v) is 7.55. The van der Waals surface area contributed by atoms with Crippen LogP contribution in [0.4, 0.5) is 0 Å². The smallest absolute Gasteiger partial charge is 0.365 e. The van der Waals surface area contributed by atoms with Gasteiger partial charge >= 0.3 is 5.97 Å². The zero-order valence-corrected chi connectivity index (χ0v) is 21.4. The van der Waals surface area contributed by atoms with Gasteiger partial charge in [-0.3, -0.25) is 0 Å². The van der Waals surface area contributed by atoms with E-state index in [0.717, 1.165) is 13.0 Å². The second-order valence-corrected chi connectivity index (χ2v) is 10.1. The molecule has 0 atom stereocenters. The Morgan fingerprint density at radius 2 is 0.900 bits per heavy atom. The first-order valence-electron chi connectivity index (χ1n) is 13.4. The van der Waals surface area contributed by atoms with Gasteiger partial charge in [0.2, 0.25) is 0 Å². The molecule has 1 N–H and O–H groups in total. The Kier molecular flexibility index (Phi) is 17.7. The van der Waals surface area contributed by atoms with Crippen LogP contribution in [0.3, 0.4) is 0 Å². The van der Waals surface area contributed by atoms with Crippen LogP contribution in [0.25, 0.3) is 0 Å². The molecule has 0 aliphatic carbocycles. The summed E-state index contributed by atoms with van der Waals surface area (Å²) in [6, 6.07) is 0. The van der Waals surface area contributed by atoms with Crippen LogP contribution in [-0.2, 0) is 4.79 Å². The van der Waals surface area contributed by atoms with Crippen LogP contribution in [-0.4, -0.2) is 41.7 Å². The van der Waals surface area contributed by atoms with Crippen molar-refractivity contribution in [3.63, 3.8) is 0 Å². The zero-order valence-electron chi connectivity index (χ0n) is 21.4. The molecule has 0 heterocycles. The lowest BCUT2D eigenvalue weighted by Gasteiger charge is -2.45. The number of hydrogen-bond acceptors (Lipinski definition) is 1. The molecule has 180 valence electrons.